The topological polar surface area (TPSA) is 25.0 Å². The number of hydrogen-bond donors (Lipinski definition) is 1. The van der Waals surface area contributed by atoms with Gasteiger partial charge in [0.15, 0.2) is 0 Å². The Kier molecular flexibility index (Phi) is 2.45. The molecule has 0 radical (unpaired) electrons. The van der Waals surface area contributed by atoms with Crippen LogP contribution in [0.5, 0.6) is 0 Å². The van der Waals surface area contributed by atoms with Gasteiger partial charge in [-0.3, -0.25) is 0 Å². The molecule has 0 amide bonds. The molecule has 3 rings (SSSR count). The van der Waals surface area contributed by atoms with Gasteiger partial charge in [-0.25, -0.2) is 0 Å². The second kappa shape index (κ2) is 3.82. The molecule has 0 spiro atoms. The summed E-state index contributed by atoms with van der Waals surface area (Å²) in [6, 6.07) is 8.43. The molecule has 1 unspecified atom stereocenters. The predicted molar refractivity (Wildman–Crippen MR) is 68.8 cm³/mol. The molecule has 1 N–H and O–H groups in total. The second-order valence-corrected chi connectivity index (χ2v) is 5.93. The lowest BCUT2D eigenvalue weighted by Crippen LogP contribution is -2.22. The molecule has 1 atom stereocenters. The van der Waals surface area contributed by atoms with Gasteiger partial charge in [0.2, 0.25) is 0 Å². The molecule has 2 nitrogen and oxygen atoms in total. The van der Waals surface area contributed by atoms with Crippen LogP contribution in [0.25, 0.3) is 10.9 Å². The van der Waals surface area contributed by atoms with Crippen molar-refractivity contribution >= 4 is 22.7 Å². The molecule has 2 aromatic rings. The number of para-hydroxylation sites is 1. The smallest absolute Gasteiger partial charge is 0.115 e. The van der Waals surface area contributed by atoms with Gasteiger partial charge >= 0.3 is 0 Å². The normalized spacial score (nSPS) is 25.3. The second-order valence-electron chi connectivity index (χ2n) is 4.37. The molecule has 16 heavy (non-hydrogen) atoms. The molecule has 0 bridgehead atoms. The van der Waals surface area contributed by atoms with Crippen molar-refractivity contribution in [2.45, 2.75) is 18.3 Å². The summed E-state index contributed by atoms with van der Waals surface area (Å²) < 4.78 is 5.81. The zero-order valence-electron chi connectivity index (χ0n) is 9.32. The number of rotatable bonds is 2. The third-order valence-corrected chi connectivity index (χ3v) is 4.33. The van der Waals surface area contributed by atoms with E-state index in [1.54, 1.807) is 0 Å². The molecule has 1 aromatic heterocycles. The quantitative estimate of drug-likeness (QED) is 0.861. The van der Waals surface area contributed by atoms with Crippen LogP contribution >= 0.6 is 11.8 Å². The summed E-state index contributed by atoms with van der Waals surface area (Å²) in [6.45, 7) is 3.07. The summed E-state index contributed by atoms with van der Waals surface area (Å²) in [5.74, 6) is 1.11. The third-order valence-electron chi connectivity index (χ3n) is 3.08. The van der Waals surface area contributed by atoms with Crippen molar-refractivity contribution in [2.24, 2.45) is 0 Å². The fourth-order valence-electron chi connectivity index (χ4n) is 2.28. The van der Waals surface area contributed by atoms with Gasteiger partial charge in [-0.2, -0.15) is 0 Å². The summed E-state index contributed by atoms with van der Waals surface area (Å²) in [6.07, 6.45) is 3.08. The van der Waals surface area contributed by atoms with Gasteiger partial charge in [0.1, 0.15) is 4.93 Å². The maximum Gasteiger partial charge on any atom is 0.115 e. The molecule has 1 aliphatic heterocycles. The highest BCUT2D eigenvalue weighted by atomic mass is 32.2. The molecular weight excluding hydrogens is 218 g/mol. The van der Waals surface area contributed by atoms with Crippen molar-refractivity contribution in [3.8, 4) is 0 Å². The maximum absolute atomic E-state index is 5.81. The van der Waals surface area contributed by atoms with Crippen LogP contribution in [0.4, 0.5) is 0 Å². The van der Waals surface area contributed by atoms with E-state index in [0.717, 1.165) is 18.8 Å². The Balaban J connectivity index is 1.94. The number of H-pyrrole nitrogens is 1. The molecule has 2 heterocycles. The molecule has 1 saturated heterocycles. The summed E-state index contributed by atoms with van der Waals surface area (Å²) in [5.41, 5.74) is 2.57. The SMILES string of the molecule is CC1(Cc2c[nH]c3ccccc23)OCCS1. The standard InChI is InChI=1S/C13H15NOS/c1-13(15-6-7-16-13)8-10-9-14-12-5-3-2-4-11(10)12/h2-5,9,14H,6-8H2,1H3. The summed E-state index contributed by atoms with van der Waals surface area (Å²) in [7, 11) is 0. The monoisotopic (exact) mass is 233 g/mol. The summed E-state index contributed by atoms with van der Waals surface area (Å²) in [5, 5.41) is 1.32. The van der Waals surface area contributed by atoms with Crippen LogP contribution in [0.15, 0.2) is 30.5 Å². The van der Waals surface area contributed by atoms with Crippen LogP contribution in [0, 0.1) is 0 Å². The number of aromatic nitrogens is 1. The van der Waals surface area contributed by atoms with Crippen LogP contribution in [0.2, 0.25) is 0 Å². The van der Waals surface area contributed by atoms with Gasteiger partial charge in [-0.15, -0.1) is 11.8 Å². The van der Waals surface area contributed by atoms with E-state index in [9.17, 15) is 0 Å². The van der Waals surface area contributed by atoms with Gasteiger partial charge in [-0.1, -0.05) is 18.2 Å². The molecule has 84 valence electrons. The number of thioether (sulfide) groups is 1. The summed E-state index contributed by atoms with van der Waals surface area (Å²) >= 11 is 1.92. The molecule has 0 saturated carbocycles. The van der Waals surface area contributed by atoms with Crippen molar-refractivity contribution in [3.63, 3.8) is 0 Å². The number of nitrogens with one attached hydrogen (secondary N) is 1. The maximum atomic E-state index is 5.81. The molecule has 1 aromatic carbocycles. The Labute approximate surface area is 99.4 Å². The number of hydrogen-bond acceptors (Lipinski definition) is 2. The third kappa shape index (κ3) is 1.74. The van der Waals surface area contributed by atoms with Crippen molar-refractivity contribution in [3.05, 3.63) is 36.0 Å². The minimum atomic E-state index is -0.0367. The lowest BCUT2D eigenvalue weighted by atomic mass is 10.1. The van der Waals surface area contributed by atoms with Crippen molar-refractivity contribution in [2.75, 3.05) is 12.4 Å². The van der Waals surface area contributed by atoms with E-state index in [-0.39, 0.29) is 4.93 Å². The van der Waals surface area contributed by atoms with Crippen LogP contribution < -0.4 is 0 Å². The highest BCUT2D eigenvalue weighted by Gasteiger charge is 2.31. The number of fused-ring (bicyclic) bond motifs is 1. The number of aromatic amines is 1. The van der Waals surface area contributed by atoms with E-state index >= 15 is 0 Å². The largest absolute Gasteiger partial charge is 0.363 e. The van der Waals surface area contributed by atoms with Gasteiger partial charge in [0.05, 0.1) is 6.61 Å². The highest BCUT2D eigenvalue weighted by Crippen LogP contribution is 2.36. The van der Waals surface area contributed by atoms with Crippen LogP contribution in [0.1, 0.15) is 12.5 Å². The fourth-order valence-corrected chi connectivity index (χ4v) is 3.31. The molecular formula is C13H15NOS. The lowest BCUT2D eigenvalue weighted by molar-refractivity contribution is 0.0667. The van der Waals surface area contributed by atoms with Gasteiger partial charge in [-0.05, 0) is 18.6 Å². The molecule has 0 aliphatic carbocycles. The average Bonchev–Trinajstić information content (AvgIpc) is 2.87. The lowest BCUT2D eigenvalue weighted by Gasteiger charge is -2.21. The van der Waals surface area contributed by atoms with Gasteiger partial charge in [0.25, 0.3) is 0 Å². The first-order chi connectivity index (χ1) is 7.77. The zero-order chi connectivity index (χ0) is 11.0. The van der Waals surface area contributed by atoms with Gasteiger partial charge < -0.3 is 9.72 Å². The Bertz CT molecular complexity index is 499. The van der Waals surface area contributed by atoms with Crippen molar-refractivity contribution in [1.29, 1.82) is 0 Å². The Morgan fingerprint density at radius 2 is 2.31 bits per heavy atom. The molecule has 1 fully saturated rings. The first-order valence-electron chi connectivity index (χ1n) is 5.60. The van der Waals surface area contributed by atoms with E-state index in [4.69, 9.17) is 4.74 Å². The average molecular weight is 233 g/mol. The Morgan fingerprint density at radius 3 is 3.12 bits per heavy atom. The van der Waals surface area contributed by atoms with Crippen LogP contribution in [-0.4, -0.2) is 22.3 Å². The zero-order valence-corrected chi connectivity index (χ0v) is 10.1. The molecule has 1 aliphatic rings. The Morgan fingerprint density at radius 1 is 1.44 bits per heavy atom. The highest BCUT2D eigenvalue weighted by molar-refractivity contribution is 8.00. The fraction of sp³-hybridized carbons (Fsp3) is 0.385. The number of ether oxygens (including phenoxy) is 1. The van der Waals surface area contributed by atoms with E-state index in [1.165, 1.54) is 16.5 Å². The van der Waals surface area contributed by atoms with E-state index in [2.05, 4.69) is 42.4 Å². The molecule has 3 heteroatoms. The summed E-state index contributed by atoms with van der Waals surface area (Å²) in [4.78, 5) is 3.28. The van der Waals surface area contributed by atoms with E-state index in [0.29, 0.717) is 0 Å². The minimum Gasteiger partial charge on any atom is -0.363 e. The van der Waals surface area contributed by atoms with E-state index < -0.39 is 0 Å². The van der Waals surface area contributed by atoms with E-state index in [1.807, 2.05) is 11.8 Å². The predicted octanol–water partition coefficient (Wildman–Crippen LogP) is 3.19. The van der Waals surface area contributed by atoms with Crippen LogP contribution in [-0.2, 0) is 11.2 Å². The minimum absolute atomic E-state index is 0.0367. The van der Waals surface area contributed by atoms with Crippen molar-refractivity contribution < 1.29 is 4.74 Å². The first-order valence-corrected chi connectivity index (χ1v) is 6.58. The number of benzene rings is 1. The van der Waals surface area contributed by atoms with Crippen LogP contribution in [0.3, 0.4) is 0 Å². The van der Waals surface area contributed by atoms with Crippen molar-refractivity contribution in [1.82, 2.24) is 4.98 Å². The van der Waals surface area contributed by atoms with Gasteiger partial charge in [0, 0.05) is 29.3 Å². The first kappa shape index (κ1) is 10.2. The Hall–Kier alpha value is -0.930.